The predicted molar refractivity (Wildman–Crippen MR) is 93.3 cm³/mol. The van der Waals surface area contributed by atoms with Crippen molar-refractivity contribution in [3.8, 4) is 5.75 Å². The zero-order valence-electron chi connectivity index (χ0n) is 13.8. The summed E-state index contributed by atoms with van der Waals surface area (Å²) in [7, 11) is 0. The first-order chi connectivity index (χ1) is 11.6. The maximum absolute atomic E-state index is 10.9. The third kappa shape index (κ3) is 5.17. The Kier molecular flexibility index (Phi) is 6.45. The largest absolute Gasteiger partial charge is 0.427 e. The molecule has 0 aliphatic carbocycles. The Bertz CT molecular complexity index is 682. The average Bonchev–Trinajstić information content (AvgIpc) is 2.59. The normalized spacial score (nSPS) is 10.8. The van der Waals surface area contributed by atoms with Gasteiger partial charge >= 0.3 is 5.97 Å². The average molecular weight is 327 g/mol. The molecule has 0 saturated carbocycles. The van der Waals surface area contributed by atoms with Gasteiger partial charge in [-0.1, -0.05) is 0 Å². The molecule has 126 valence electrons. The summed E-state index contributed by atoms with van der Waals surface area (Å²) < 4.78 is 4.96. The number of azo groups is 1. The molecule has 2 rings (SSSR count). The minimum Gasteiger partial charge on any atom is -0.427 e. The fourth-order valence-electron chi connectivity index (χ4n) is 2.18. The van der Waals surface area contributed by atoms with Gasteiger partial charge in [-0.2, -0.15) is 10.2 Å². The molecule has 0 heterocycles. The van der Waals surface area contributed by atoms with Crippen LogP contribution in [0.15, 0.2) is 58.8 Å². The fraction of sp³-hybridized carbons (Fsp3) is 0.278. The van der Waals surface area contributed by atoms with Gasteiger partial charge in [0.05, 0.1) is 18.0 Å². The van der Waals surface area contributed by atoms with E-state index >= 15 is 0 Å². The zero-order chi connectivity index (χ0) is 17.4. The molecular formula is C18H21N3O3. The Morgan fingerprint density at radius 1 is 1.04 bits per heavy atom. The lowest BCUT2D eigenvalue weighted by molar-refractivity contribution is -0.131. The van der Waals surface area contributed by atoms with Gasteiger partial charge in [-0.05, 0) is 55.5 Å². The quantitative estimate of drug-likeness (QED) is 0.476. The van der Waals surface area contributed by atoms with Gasteiger partial charge in [-0.15, -0.1) is 0 Å². The van der Waals surface area contributed by atoms with Crippen molar-refractivity contribution in [2.45, 2.75) is 13.8 Å². The Morgan fingerprint density at radius 3 is 2.04 bits per heavy atom. The number of likely N-dealkylation sites (N-methyl/N-ethyl adjacent to an activating group) is 1. The van der Waals surface area contributed by atoms with Crippen molar-refractivity contribution >= 4 is 23.0 Å². The maximum atomic E-state index is 10.9. The number of rotatable bonds is 7. The molecule has 0 saturated heterocycles. The van der Waals surface area contributed by atoms with Gasteiger partial charge in [-0.3, -0.25) is 4.79 Å². The number of aliphatic hydroxyl groups excluding tert-OH is 1. The van der Waals surface area contributed by atoms with Crippen LogP contribution in [-0.4, -0.2) is 30.8 Å². The molecule has 6 nitrogen and oxygen atoms in total. The second kappa shape index (κ2) is 8.79. The molecule has 0 spiro atoms. The first-order valence-corrected chi connectivity index (χ1v) is 7.78. The lowest BCUT2D eigenvalue weighted by atomic mass is 10.2. The van der Waals surface area contributed by atoms with Gasteiger partial charge in [-0.25, -0.2) is 0 Å². The molecule has 0 aromatic heterocycles. The van der Waals surface area contributed by atoms with Gasteiger partial charge in [0.1, 0.15) is 5.75 Å². The number of ether oxygens (including phenoxy) is 1. The minimum absolute atomic E-state index is 0.124. The van der Waals surface area contributed by atoms with Gasteiger partial charge in [0.15, 0.2) is 0 Å². The first-order valence-electron chi connectivity index (χ1n) is 7.78. The molecule has 0 amide bonds. The van der Waals surface area contributed by atoms with E-state index in [4.69, 9.17) is 9.84 Å². The highest BCUT2D eigenvalue weighted by Gasteiger charge is 2.03. The number of hydrogen-bond donors (Lipinski definition) is 1. The van der Waals surface area contributed by atoms with Crippen LogP contribution in [0.2, 0.25) is 0 Å². The van der Waals surface area contributed by atoms with Gasteiger partial charge in [0.2, 0.25) is 0 Å². The van der Waals surface area contributed by atoms with E-state index in [1.54, 1.807) is 24.3 Å². The summed E-state index contributed by atoms with van der Waals surface area (Å²) in [5.74, 6) is 0.126. The van der Waals surface area contributed by atoms with E-state index in [0.717, 1.165) is 17.9 Å². The van der Waals surface area contributed by atoms with Crippen molar-refractivity contribution in [1.82, 2.24) is 0 Å². The molecule has 0 bridgehead atoms. The minimum atomic E-state index is -0.355. The van der Waals surface area contributed by atoms with Crippen molar-refractivity contribution in [2.75, 3.05) is 24.6 Å². The summed E-state index contributed by atoms with van der Waals surface area (Å²) in [5, 5.41) is 17.4. The zero-order valence-corrected chi connectivity index (χ0v) is 13.8. The Labute approximate surface area is 141 Å². The van der Waals surface area contributed by atoms with E-state index in [-0.39, 0.29) is 12.6 Å². The van der Waals surface area contributed by atoms with Crippen LogP contribution in [-0.2, 0) is 4.79 Å². The summed E-state index contributed by atoms with van der Waals surface area (Å²) in [6, 6.07) is 14.5. The number of esters is 1. The van der Waals surface area contributed by atoms with Crippen molar-refractivity contribution in [3.05, 3.63) is 48.5 Å². The topological polar surface area (TPSA) is 74.5 Å². The number of nitrogens with zero attached hydrogens (tertiary/aromatic N) is 3. The highest BCUT2D eigenvalue weighted by molar-refractivity contribution is 5.69. The molecule has 0 aliphatic rings. The van der Waals surface area contributed by atoms with Crippen LogP contribution in [0.5, 0.6) is 5.75 Å². The van der Waals surface area contributed by atoms with Crippen molar-refractivity contribution < 1.29 is 14.6 Å². The molecular weight excluding hydrogens is 306 g/mol. The Hall–Kier alpha value is -2.73. The SMILES string of the molecule is CCN(CCO)c1ccc(N=Nc2ccc(OC(C)=O)cc2)cc1. The van der Waals surface area contributed by atoms with Gasteiger partial charge in [0, 0.05) is 25.7 Å². The monoisotopic (exact) mass is 327 g/mol. The number of carbonyl (C=O) groups is 1. The van der Waals surface area contributed by atoms with Crippen molar-refractivity contribution in [1.29, 1.82) is 0 Å². The van der Waals surface area contributed by atoms with Gasteiger partial charge < -0.3 is 14.7 Å². The van der Waals surface area contributed by atoms with Crippen LogP contribution in [0.4, 0.5) is 17.1 Å². The molecule has 0 unspecified atom stereocenters. The molecule has 0 fully saturated rings. The second-order valence-electron chi connectivity index (χ2n) is 5.11. The van der Waals surface area contributed by atoms with E-state index in [1.807, 2.05) is 31.2 Å². The van der Waals surface area contributed by atoms with Crippen LogP contribution in [0.3, 0.4) is 0 Å². The summed E-state index contributed by atoms with van der Waals surface area (Å²) in [4.78, 5) is 12.9. The van der Waals surface area contributed by atoms with Crippen molar-refractivity contribution in [3.63, 3.8) is 0 Å². The fourth-order valence-corrected chi connectivity index (χ4v) is 2.18. The lowest BCUT2D eigenvalue weighted by Crippen LogP contribution is -2.25. The van der Waals surface area contributed by atoms with E-state index in [2.05, 4.69) is 15.1 Å². The summed E-state index contributed by atoms with van der Waals surface area (Å²) >= 11 is 0. The molecule has 0 aliphatic heterocycles. The van der Waals surface area contributed by atoms with Crippen molar-refractivity contribution in [2.24, 2.45) is 10.2 Å². The third-order valence-corrected chi connectivity index (χ3v) is 3.35. The van der Waals surface area contributed by atoms with Crippen LogP contribution in [0.25, 0.3) is 0 Å². The third-order valence-electron chi connectivity index (χ3n) is 3.35. The smallest absolute Gasteiger partial charge is 0.308 e. The second-order valence-corrected chi connectivity index (χ2v) is 5.11. The molecule has 0 radical (unpaired) electrons. The molecule has 1 N–H and O–H groups in total. The van der Waals surface area contributed by atoms with Crippen LogP contribution < -0.4 is 9.64 Å². The molecule has 0 atom stereocenters. The van der Waals surface area contributed by atoms with Crippen LogP contribution >= 0.6 is 0 Å². The lowest BCUT2D eigenvalue weighted by Gasteiger charge is -2.21. The van der Waals surface area contributed by atoms with E-state index in [1.165, 1.54) is 6.92 Å². The number of carbonyl (C=O) groups excluding carboxylic acids is 1. The van der Waals surface area contributed by atoms with Gasteiger partial charge in [0.25, 0.3) is 0 Å². The molecule has 6 heteroatoms. The summed E-state index contributed by atoms with van der Waals surface area (Å²) in [6.07, 6.45) is 0. The predicted octanol–water partition coefficient (Wildman–Crippen LogP) is 3.85. The van der Waals surface area contributed by atoms with E-state index < -0.39 is 0 Å². The molecule has 2 aromatic rings. The maximum Gasteiger partial charge on any atom is 0.308 e. The number of aliphatic hydroxyl groups is 1. The standard InChI is InChI=1S/C18H21N3O3/c1-3-21(12-13-22)17-8-4-15(5-9-17)19-20-16-6-10-18(11-7-16)24-14(2)23/h4-11,22H,3,12-13H2,1-2H3. The Morgan fingerprint density at radius 2 is 1.58 bits per heavy atom. The highest BCUT2D eigenvalue weighted by atomic mass is 16.5. The summed E-state index contributed by atoms with van der Waals surface area (Å²) in [6.45, 7) is 4.96. The van der Waals surface area contributed by atoms with E-state index in [0.29, 0.717) is 18.0 Å². The van der Waals surface area contributed by atoms with Crippen LogP contribution in [0.1, 0.15) is 13.8 Å². The first kappa shape index (κ1) is 17.6. The number of hydrogen-bond acceptors (Lipinski definition) is 6. The molecule has 2 aromatic carbocycles. The molecule has 24 heavy (non-hydrogen) atoms. The number of benzene rings is 2. The van der Waals surface area contributed by atoms with Crippen LogP contribution in [0, 0.1) is 0 Å². The summed E-state index contributed by atoms with van der Waals surface area (Å²) in [5.41, 5.74) is 2.45. The Balaban J connectivity index is 2.02. The highest BCUT2D eigenvalue weighted by Crippen LogP contribution is 2.23. The van der Waals surface area contributed by atoms with E-state index in [9.17, 15) is 4.79 Å². The number of anilines is 1.